The molecule has 1 fully saturated rings. The van der Waals surface area contributed by atoms with Gasteiger partial charge < -0.3 is 10.0 Å². The van der Waals surface area contributed by atoms with E-state index < -0.39 is 5.97 Å². The van der Waals surface area contributed by atoms with Crippen LogP contribution in [0.3, 0.4) is 0 Å². The van der Waals surface area contributed by atoms with Crippen LogP contribution in [0.15, 0.2) is 12.2 Å². The number of likely N-dealkylation sites (tertiary alicyclic amines) is 1. The summed E-state index contributed by atoms with van der Waals surface area (Å²) in [6.07, 6.45) is 4.03. The van der Waals surface area contributed by atoms with E-state index in [9.17, 15) is 9.59 Å². The fourth-order valence-corrected chi connectivity index (χ4v) is 1.48. The number of carboxylic acid groups (broad SMARTS) is 1. The topological polar surface area (TPSA) is 57.6 Å². The highest BCUT2D eigenvalue weighted by atomic mass is 16.4. The Morgan fingerprint density at radius 1 is 1.29 bits per heavy atom. The smallest absolute Gasteiger partial charge is 0.328 e. The van der Waals surface area contributed by atoms with E-state index in [1.54, 1.807) is 4.90 Å². The minimum absolute atomic E-state index is 0.195. The lowest BCUT2D eigenvalue weighted by Gasteiger charge is -2.29. The molecule has 4 nitrogen and oxygen atoms in total. The number of aliphatic carboxylic acids is 1. The number of amides is 1. The number of carboxylic acids is 1. The Bertz CT molecular complexity index is 252. The van der Waals surface area contributed by atoms with Gasteiger partial charge in [0.25, 0.3) is 0 Å². The maximum Gasteiger partial charge on any atom is 0.328 e. The number of hydrogen-bond acceptors (Lipinski definition) is 2. The first-order valence-corrected chi connectivity index (χ1v) is 4.79. The van der Waals surface area contributed by atoms with Crippen LogP contribution in [0.4, 0.5) is 0 Å². The zero-order chi connectivity index (χ0) is 10.6. The molecule has 0 aromatic rings. The molecule has 0 saturated carbocycles. The van der Waals surface area contributed by atoms with Crippen LogP contribution in [0.5, 0.6) is 0 Å². The van der Waals surface area contributed by atoms with Gasteiger partial charge in [-0.2, -0.15) is 0 Å². The van der Waals surface area contributed by atoms with Crippen molar-refractivity contribution in [2.45, 2.75) is 19.8 Å². The van der Waals surface area contributed by atoms with Crippen molar-refractivity contribution < 1.29 is 14.7 Å². The van der Waals surface area contributed by atoms with Gasteiger partial charge in [-0.25, -0.2) is 4.79 Å². The molecule has 1 aliphatic rings. The normalized spacial score (nSPS) is 18.8. The number of nitrogens with zero attached hydrogens (tertiary/aromatic N) is 1. The number of carbonyl (C=O) groups is 2. The fraction of sp³-hybridized carbons (Fsp3) is 0.600. The van der Waals surface area contributed by atoms with Crippen LogP contribution in [-0.2, 0) is 9.59 Å². The van der Waals surface area contributed by atoms with Crippen LogP contribution in [-0.4, -0.2) is 35.0 Å². The van der Waals surface area contributed by atoms with Gasteiger partial charge in [0.2, 0.25) is 5.91 Å². The van der Waals surface area contributed by atoms with Gasteiger partial charge >= 0.3 is 5.97 Å². The standard InChI is InChI=1S/C10H15NO3/c1-8-4-6-11(7-5-8)9(12)2-3-10(13)14/h2-3,8H,4-7H2,1H3,(H,13,14)/b3-2+. The van der Waals surface area contributed by atoms with E-state index in [-0.39, 0.29) is 5.91 Å². The highest BCUT2D eigenvalue weighted by molar-refractivity contribution is 5.93. The zero-order valence-electron chi connectivity index (χ0n) is 8.27. The van der Waals surface area contributed by atoms with Gasteiger partial charge in [-0.15, -0.1) is 0 Å². The van der Waals surface area contributed by atoms with E-state index in [4.69, 9.17) is 5.11 Å². The van der Waals surface area contributed by atoms with Crippen LogP contribution >= 0.6 is 0 Å². The van der Waals surface area contributed by atoms with E-state index in [0.717, 1.165) is 38.1 Å². The lowest BCUT2D eigenvalue weighted by atomic mass is 9.99. The Balaban J connectivity index is 2.42. The summed E-state index contributed by atoms with van der Waals surface area (Å²) in [6, 6.07) is 0. The third-order valence-electron chi connectivity index (χ3n) is 2.46. The van der Waals surface area contributed by atoms with Gasteiger partial charge in [0, 0.05) is 25.2 Å². The monoisotopic (exact) mass is 197 g/mol. The molecule has 0 aliphatic carbocycles. The van der Waals surface area contributed by atoms with Crippen molar-refractivity contribution in [1.29, 1.82) is 0 Å². The summed E-state index contributed by atoms with van der Waals surface area (Å²) >= 11 is 0. The van der Waals surface area contributed by atoms with Gasteiger partial charge in [0.15, 0.2) is 0 Å². The number of carbonyl (C=O) groups excluding carboxylic acids is 1. The first kappa shape index (κ1) is 10.8. The second-order valence-corrected chi connectivity index (χ2v) is 3.68. The highest BCUT2D eigenvalue weighted by Crippen LogP contribution is 2.15. The second kappa shape index (κ2) is 4.79. The summed E-state index contributed by atoms with van der Waals surface area (Å²) in [5, 5.41) is 8.35. The molecule has 4 heteroatoms. The molecule has 1 heterocycles. The Hall–Kier alpha value is -1.32. The quantitative estimate of drug-likeness (QED) is 0.669. The van der Waals surface area contributed by atoms with Crippen LogP contribution in [0.2, 0.25) is 0 Å². The van der Waals surface area contributed by atoms with Crippen molar-refractivity contribution in [3.8, 4) is 0 Å². The van der Waals surface area contributed by atoms with Crippen molar-refractivity contribution in [3.05, 3.63) is 12.2 Å². The first-order valence-electron chi connectivity index (χ1n) is 4.79. The maximum absolute atomic E-state index is 11.4. The summed E-state index contributed by atoms with van der Waals surface area (Å²) in [7, 11) is 0. The average molecular weight is 197 g/mol. The average Bonchev–Trinajstić information content (AvgIpc) is 2.15. The molecule has 78 valence electrons. The molecule has 14 heavy (non-hydrogen) atoms. The molecule has 1 rings (SSSR count). The molecular formula is C10H15NO3. The van der Waals surface area contributed by atoms with E-state index in [0.29, 0.717) is 5.92 Å². The SMILES string of the molecule is CC1CCN(C(=O)/C=C/C(=O)O)CC1. The summed E-state index contributed by atoms with van der Waals surface area (Å²) in [5.41, 5.74) is 0. The third-order valence-corrected chi connectivity index (χ3v) is 2.46. The van der Waals surface area contributed by atoms with Crippen molar-refractivity contribution in [2.24, 2.45) is 5.92 Å². The molecule has 0 spiro atoms. The Kier molecular flexibility index (Phi) is 3.68. The number of hydrogen-bond donors (Lipinski definition) is 1. The van der Waals surface area contributed by atoms with Gasteiger partial charge in [0.1, 0.15) is 0 Å². The third kappa shape index (κ3) is 3.20. The van der Waals surface area contributed by atoms with Gasteiger partial charge in [-0.05, 0) is 18.8 Å². The summed E-state index contributed by atoms with van der Waals surface area (Å²) in [6.45, 7) is 3.64. The van der Waals surface area contributed by atoms with Crippen LogP contribution in [0, 0.1) is 5.92 Å². The van der Waals surface area contributed by atoms with Crippen LogP contribution < -0.4 is 0 Å². The minimum atomic E-state index is -1.08. The molecule has 0 atom stereocenters. The molecule has 0 aromatic heterocycles. The lowest BCUT2D eigenvalue weighted by Crippen LogP contribution is -2.36. The van der Waals surface area contributed by atoms with Gasteiger partial charge in [-0.1, -0.05) is 6.92 Å². The molecule has 1 N–H and O–H groups in total. The Labute approximate surface area is 83.2 Å². The van der Waals surface area contributed by atoms with E-state index in [1.165, 1.54) is 0 Å². The molecule has 0 aromatic carbocycles. The lowest BCUT2D eigenvalue weighted by molar-refractivity contribution is -0.132. The van der Waals surface area contributed by atoms with Crippen molar-refractivity contribution in [1.82, 2.24) is 4.90 Å². The molecule has 0 radical (unpaired) electrons. The maximum atomic E-state index is 11.4. The number of piperidine rings is 1. The molecule has 0 bridgehead atoms. The second-order valence-electron chi connectivity index (χ2n) is 3.68. The van der Waals surface area contributed by atoms with E-state index in [1.807, 2.05) is 0 Å². The first-order chi connectivity index (χ1) is 6.59. The summed E-state index contributed by atoms with van der Waals surface area (Å²) in [5.74, 6) is -0.606. The van der Waals surface area contributed by atoms with Crippen LogP contribution in [0.1, 0.15) is 19.8 Å². The zero-order valence-corrected chi connectivity index (χ0v) is 8.27. The predicted molar refractivity (Wildman–Crippen MR) is 51.8 cm³/mol. The number of rotatable bonds is 2. The summed E-state index contributed by atoms with van der Waals surface area (Å²) in [4.78, 5) is 23.3. The molecule has 1 aliphatic heterocycles. The Morgan fingerprint density at radius 2 is 1.86 bits per heavy atom. The highest BCUT2D eigenvalue weighted by Gasteiger charge is 2.18. The van der Waals surface area contributed by atoms with Gasteiger partial charge in [-0.3, -0.25) is 4.79 Å². The van der Waals surface area contributed by atoms with Crippen molar-refractivity contribution in [2.75, 3.05) is 13.1 Å². The largest absolute Gasteiger partial charge is 0.478 e. The molecule has 1 saturated heterocycles. The predicted octanol–water partition coefficient (Wildman–Crippen LogP) is 0.886. The summed E-state index contributed by atoms with van der Waals surface area (Å²) < 4.78 is 0. The van der Waals surface area contributed by atoms with Crippen LogP contribution in [0.25, 0.3) is 0 Å². The fourth-order valence-electron chi connectivity index (χ4n) is 1.48. The van der Waals surface area contributed by atoms with E-state index in [2.05, 4.69) is 6.92 Å². The molecule has 0 unspecified atom stereocenters. The minimum Gasteiger partial charge on any atom is -0.478 e. The Morgan fingerprint density at radius 3 is 2.36 bits per heavy atom. The van der Waals surface area contributed by atoms with Gasteiger partial charge in [0.05, 0.1) is 0 Å². The van der Waals surface area contributed by atoms with E-state index >= 15 is 0 Å². The van der Waals surface area contributed by atoms with Crippen molar-refractivity contribution in [3.63, 3.8) is 0 Å². The van der Waals surface area contributed by atoms with Crippen molar-refractivity contribution >= 4 is 11.9 Å². The molecule has 1 amide bonds. The molecular weight excluding hydrogens is 182 g/mol.